The molecule has 1 saturated carbocycles. The summed E-state index contributed by atoms with van der Waals surface area (Å²) in [5.41, 5.74) is 3.99. The Morgan fingerprint density at radius 3 is 2.70 bits per heavy atom. The van der Waals surface area contributed by atoms with Crippen LogP contribution in [-0.4, -0.2) is 11.7 Å². The van der Waals surface area contributed by atoms with E-state index in [2.05, 4.69) is 35.6 Å². The van der Waals surface area contributed by atoms with E-state index in [9.17, 15) is 9.59 Å². The summed E-state index contributed by atoms with van der Waals surface area (Å²) in [5.74, 6) is 1.64. The van der Waals surface area contributed by atoms with E-state index in [1.54, 1.807) is 0 Å². The number of rotatable bonds is 6. The van der Waals surface area contributed by atoms with Gasteiger partial charge in [-0.3, -0.25) is 9.59 Å². The Morgan fingerprint density at radius 1 is 1.04 bits per heavy atom. The first kappa shape index (κ1) is 18.0. The number of anilines is 1. The molecule has 4 rings (SSSR count). The van der Waals surface area contributed by atoms with E-state index in [0.717, 1.165) is 35.6 Å². The second-order valence-corrected chi connectivity index (χ2v) is 8.15. The van der Waals surface area contributed by atoms with Crippen molar-refractivity contribution >= 4 is 17.4 Å². The molecule has 3 nitrogen and oxygen atoms in total. The molecule has 27 heavy (non-hydrogen) atoms. The lowest BCUT2D eigenvalue weighted by Crippen LogP contribution is -2.18. The molecule has 2 aromatic carbocycles. The number of hydrogen-bond donors (Lipinski definition) is 1. The van der Waals surface area contributed by atoms with E-state index >= 15 is 0 Å². The van der Waals surface area contributed by atoms with Crippen molar-refractivity contribution in [3.05, 3.63) is 65.2 Å². The summed E-state index contributed by atoms with van der Waals surface area (Å²) in [6, 6.07) is 16.4. The van der Waals surface area contributed by atoms with Crippen LogP contribution < -0.4 is 5.32 Å². The van der Waals surface area contributed by atoms with Gasteiger partial charge in [0.2, 0.25) is 5.91 Å². The Balaban J connectivity index is 1.30. The summed E-state index contributed by atoms with van der Waals surface area (Å²) in [5, 5.41) is 2.82. The van der Waals surface area contributed by atoms with Crippen LogP contribution in [0.1, 0.15) is 60.0 Å². The van der Waals surface area contributed by atoms with Crippen LogP contribution in [0.4, 0.5) is 5.69 Å². The fourth-order valence-corrected chi connectivity index (χ4v) is 4.68. The van der Waals surface area contributed by atoms with Crippen molar-refractivity contribution in [2.45, 2.75) is 51.4 Å². The molecule has 1 N–H and O–H groups in total. The summed E-state index contributed by atoms with van der Waals surface area (Å²) in [4.78, 5) is 24.1. The Labute approximate surface area is 161 Å². The standard InChI is InChI=1S/C24H27NO2/c26-23(20-10-11-22-21(15-20)16-24(27)25-22)12-9-18-7-4-8-19(14-18)13-17-5-2-1-3-6-17/h1-3,5-6,10-11,15,18-19H,4,7-9,12-14,16H2,(H,25,27). The van der Waals surface area contributed by atoms with Gasteiger partial charge in [-0.25, -0.2) is 0 Å². The quantitative estimate of drug-likeness (QED) is 0.719. The van der Waals surface area contributed by atoms with Crippen molar-refractivity contribution in [1.29, 1.82) is 0 Å². The van der Waals surface area contributed by atoms with Gasteiger partial charge < -0.3 is 5.32 Å². The van der Waals surface area contributed by atoms with Crippen LogP contribution in [0.15, 0.2) is 48.5 Å². The van der Waals surface area contributed by atoms with Crippen LogP contribution in [0.2, 0.25) is 0 Å². The molecule has 2 aromatic rings. The molecule has 1 heterocycles. The highest BCUT2D eigenvalue weighted by Crippen LogP contribution is 2.34. The number of benzene rings is 2. The van der Waals surface area contributed by atoms with Gasteiger partial charge in [0.15, 0.2) is 5.78 Å². The minimum atomic E-state index is 0.0151. The van der Waals surface area contributed by atoms with Gasteiger partial charge in [0.1, 0.15) is 0 Å². The van der Waals surface area contributed by atoms with Crippen molar-refractivity contribution in [3.8, 4) is 0 Å². The molecule has 0 radical (unpaired) electrons. The molecule has 1 amide bonds. The average Bonchev–Trinajstić information content (AvgIpc) is 3.06. The predicted molar refractivity (Wildman–Crippen MR) is 108 cm³/mol. The topological polar surface area (TPSA) is 46.2 Å². The molecule has 0 saturated heterocycles. The number of nitrogens with one attached hydrogen (secondary N) is 1. The molecule has 2 atom stereocenters. The second kappa shape index (κ2) is 8.08. The molecular formula is C24H27NO2. The summed E-state index contributed by atoms with van der Waals surface area (Å²) in [6.07, 6.45) is 8.23. The third-order valence-corrected chi connectivity index (χ3v) is 6.09. The number of Topliss-reactive ketones (excluding diaryl/α,β-unsaturated/α-hetero) is 1. The number of carbonyl (C=O) groups is 2. The molecule has 2 unspecified atom stereocenters. The zero-order valence-electron chi connectivity index (χ0n) is 15.7. The van der Waals surface area contributed by atoms with Crippen molar-refractivity contribution in [2.75, 3.05) is 5.32 Å². The first-order chi connectivity index (χ1) is 13.2. The average molecular weight is 361 g/mol. The van der Waals surface area contributed by atoms with Crippen LogP contribution in [0.25, 0.3) is 0 Å². The van der Waals surface area contributed by atoms with Gasteiger partial charge in [-0.05, 0) is 60.4 Å². The largest absolute Gasteiger partial charge is 0.326 e. The van der Waals surface area contributed by atoms with Crippen LogP contribution in [-0.2, 0) is 17.6 Å². The maximum absolute atomic E-state index is 12.6. The van der Waals surface area contributed by atoms with Crippen LogP contribution >= 0.6 is 0 Å². The zero-order chi connectivity index (χ0) is 18.6. The molecular weight excluding hydrogens is 334 g/mol. The van der Waals surface area contributed by atoms with E-state index in [1.807, 2.05) is 18.2 Å². The van der Waals surface area contributed by atoms with E-state index in [1.165, 1.54) is 31.2 Å². The molecule has 3 heteroatoms. The number of amides is 1. The Hall–Kier alpha value is -2.42. The maximum atomic E-state index is 12.6. The first-order valence-electron chi connectivity index (χ1n) is 10.2. The SMILES string of the molecule is O=C1Cc2cc(C(=O)CCC3CCCC(Cc4ccccc4)C3)ccc2N1. The molecule has 0 bridgehead atoms. The minimum absolute atomic E-state index is 0.0151. The fraction of sp³-hybridized carbons (Fsp3) is 0.417. The Morgan fingerprint density at radius 2 is 1.85 bits per heavy atom. The third-order valence-electron chi connectivity index (χ3n) is 6.09. The number of ketones is 1. The summed E-state index contributed by atoms with van der Waals surface area (Å²) in [6.45, 7) is 0. The lowest BCUT2D eigenvalue weighted by atomic mass is 9.76. The Bertz CT molecular complexity index is 828. The van der Waals surface area contributed by atoms with E-state index < -0.39 is 0 Å². The maximum Gasteiger partial charge on any atom is 0.228 e. The van der Waals surface area contributed by atoms with Crippen molar-refractivity contribution in [2.24, 2.45) is 11.8 Å². The summed E-state index contributed by atoms with van der Waals surface area (Å²) < 4.78 is 0. The van der Waals surface area contributed by atoms with Gasteiger partial charge in [-0.1, -0.05) is 49.6 Å². The summed E-state index contributed by atoms with van der Waals surface area (Å²) in [7, 11) is 0. The molecule has 140 valence electrons. The smallest absolute Gasteiger partial charge is 0.228 e. The third kappa shape index (κ3) is 4.47. The van der Waals surface area contributed by atoms with E-state index in [4.69, 9.17) is 0 Å². The number of fused-ring (bicyclic) bond motifs is 1. The van der Waals surface area contributed by atoms with Crippen molar-refractivity contribution in [1.82, 2.24) is 0 Å². The predicted octanol–water partition coefficient (Wildman–Crippen LogP) is 5.19. The number of hydrogen-bond acceptors (Lipinski definition) is 2. The fourth-order valence-electron chi connectivity index (χ4n) is 4.68. The van der Waals surface area contributed by atoms with Gasteiger partial charge in [0, 0.05) is 17.7 Å². The van der Waals surface area contributed by atoms with Gasteiger partial charge in [-0.15, -0.1) is 0 Å². The zero-order valence-corrected chi connectivity index (χ0v) is 15.7. The molecule has 0 aromatic heterocycles. The number of carbonyl (C=O) groups excluding carboxylic acids is 2. The van der Waals surface area contributed by atoms with Crippen LogP contribution in [0, 0.1) is 11.8 Å². The minimum Gasteiger partial charge on any atom is -0.326 e. The second-order valence-electron chi connectivity index (χ2n) is 8.15. The van der Waals surface area contributed by atoms with Gasteiger partial charge in [0.05, 0.1) is 6.42 Å². The molecule has 1 aliphatic heterocycles. The highest BCUT2D eigenvalue weighted by Gasteiger charge is 2.24. The monoisotopic (exact) mass is 361 g/mol. The van der Waals surface area contributed by atoms with Crippen molar-refractivity contribution in [3.63, 3.8) is 0 Å². The van der Waals surface area contributed by atoms with Crippen molar-refractivity contribution < 1.29 is 9.59 Å². The van der Waals surface area contributed by atoms with Crippen LogP contribution in [0.5, 0.6) is 0 Å². The lowest BCUT2D eigenvalue weighted by Gasteiger charge is -2.29. The Kier molecular flexibility index (Phi) is 5.38. The van der Waals surface area contributed by atoms with Gasteiger partial charge in [-0.2, -0.15) is 0 Å². The highest BCUT2D eigenvalue weighted by atomic mass is 16.1. The van der Waals surface area contributed by atoms with Crippen LogP contribution in [0.3, 0.4) is 0 Å². The van der Waals surface area contributed by atoms with Gasteiger partial charge >= 0.3 is 0 Å². The molecule has 2 aliphatic rings. The van der Waals surface area contributed by atoms with Gasteiger partial charge in [0.25, 0.3) is 0 Å². The first-order valence-corrected chi connectivity index (χ1v) is 10.2. The highest BCUT2D eigenvalue weighted by molar-refractivity contribution is 6.02. The normalized spacial score (nSPS) is 21.6. The van der Waals surface area contributed by atoms with E-state index in [-0.39, 0.29) is 11.7 Å². The molecule has 0 spiro atoms. The van der Waals surface area contributed by atoms with E-state index in [0.29, 0.717) is 18.8 Å². The summed E-state index contributed by atoms with van der Waals surface area (Å²) >= 11 is 0. The molecule has 1 fully saturated rings. The molecule has 1 aliphatic carbocycles. The lowest BCUT2D eigenvalue weighted by molar-refractivity contribution is -0.115.